The van der Waals surface area contributed by atoms with Gasteiger partial charge in [-0.1, -0.05) is 54.6 Å². The van der Waals surface area contributed by atoms with E-state index in [9.17, 15) is 19.2 Å². The van der Waals surface area contributed by atoms with Gasteiger partial charge in [-0.2, -0.15) is 0 Å². The molecule has 10 rings (SSSR count). The Balaban J connectivity index is 0.999. The molecule has 72 heavy (non-hydrogen) atoms. The smallest absolute Gasteiger partial charge is 0.349 e. The second-order valence-electron chi connectivity index (χ2n) is 17.2. The number of cyclic esters (lactones) is 1. The zero-order chi connectivity index (χ0) is 49.7. The molecule has 0 radical (unpaired) electrons. The van der Waals surface area contributed by atoms with Crippen LogP contribution in [0.25, 0.3) is 0 Å². The van der Waals surface area contributed by atoms with Gasteiger partial charge in [-0.15, -0.1) is 0 Å². The number of carbonyl (C=O) groups is 4. The monoisotopic (exact) mass is 990 g/mol. The van der Waals surface area contributed by atoms with E-state index in [1.807, 2.05) is 12.1 Å². The maximum atomic E-state index is 14.2. The number of esters is 4. The summed E-state index contributed by atoms with van der Waals surface area (Å²) in [4.78, 5) is 55.0. The summed E-state index contributed by atoms with van der Waals surface area (Å²) in [7, 11) is 2.82. The van der Waals surface area contributed by atoms with Crippen molar-refractivity contribution in [3.05, 3.63) is 132 Å². The average Bonchev–Trinajstić information content (AvgIpc) is 4.04. The minimum atomic E-state index is -1.49. The van der Waals surface area contributed by atoms with Crippen LogP contribution in [0.1, 0.15) is 35.6 Å². The molecule has 10 atom stereocenters. The highest BCUT2D eigenvalue weighted by Gasteiger charge is 2.58. The fourth-order valence-electron chi connectivity index (χ4n) is 9.54. The van der Waals surface area contributed by atoms with Gasteiger partial charge in [0.25, 0.3) is 0 Å². The lowest BCUT2D eigenvalue weighted by atomic mass is 9.66. The summed E-state index contributed by atoms with van der Waals surface area (Å²) in [6.07, 6.45) is -8.01. The number of ether oxygens (including phenoxy) is 15. The van der Waals surface area contributed by atoms with Crippen LogP contribution in [0.3, 0.4) is 0 Å². The Morgan fingerprint density at radius 2 is 1.17 bits per heavy atom. The summed E-state index contributed by atoms with van der Waals surface area (Å²) in [6, 6.07) is 33.0. The van der Waals surface area contributed by atoms with Crippen LogP contribution in [0.4, 0.5) is 0 Å². The van der Waals surface area contributed by atoms with Gasteiger partial charge in [0.15, 0.2) is 67.6 Å². The van der Waals surface area contributed by atoms with Gasteiger partial charge < -0.3 is 71.1 Å². The molecule has 0 unspecified atom stereocenters. The molecule has 5 aliphatic rings. The summed E-state index contributed by atoms with van der Waals surface area (Å²) in [6.45, 7) is 0.0577. The average molecular weight is 991 g/mol. The third-order valence-corrected chi connectivity index (χ3v) is 12.7. The van der Waals surface area contributed by atoms with Gasteiger partial charge in [0.2, 0.25) is 12.5 Å². The Labute approximate surface area is 412 Å². The molecule has 376 valence electrons. The van der Waals surface area contributed by atoms with E-state index in [4.69, 9.17) is 71.1 Å². The van der Waals surface area contributed by atoms with Crippen LogP contribution in [0.5, 0.6) is 46.0 Å². The van der Waals surface area contributed by atoms with Gasteiger partial charge in [-0.05, 0) is 84.3 Å². The SMILES string of the molecule is COc1cc([C@@H]2c3cc4c(cc3[C@@H](O[C@@H]3O[C@@H]5CO[C@@H](C)O[C@H]5[C@H](OC(=O)COc5ccccc5)[C@H]3OC(=O)COc3ccccc3)[C@H]3COC(=O)[C@H]23)OCO4)cc(OC)c1OC(=O)COc1ccccc1. The number of carbonyl (C=O) groups excluding carboxylic acids is 4. The predicted molar refractivity (Wildman–Crippen MR) is 246 cm³/mol. The van der Waals surface area contributed by atoms with Crippen molar-refractivity contribution in [1.82, 2.24) is 0 Å². The Bertz CT molecular complexity index is 2710. The van der Waals surface area contributed by atoms with Crippen LogP contribution in [0, 0.1) is 11.8 Å². The van der Waals surface area contributed by atoms with Gasteiger partial charge >= 0.3 is 23.9 Å². The van der Waals surface area contributed by atoms with Crippen LogP contribution < -0.4 is 37.9 Å². The van der Waals surface area contributed by atoms with Gasteiger partial charge in [0.05, 0.1) is 39.5 Å². The van der Waals surface area contributed by atoms with Crippen molar-refractivity contribution < 1.29 is 90.2 Å². The fraction of sp³-hybridized carbons (Fsp3) is 0.358. The van der Waals surface area contributed by atoms with E-state index in [-0.39, 0.29) is 37.3 Å². The summed E-state index contributed by atoms with van der Waals surface area (Å²) >= 11 is 0. The Morgan fingerprint density at radius 3 is 1.74 bits per heavy atom. The van der Waals surface area contributed by atoms with E-state index in [1.165, 1.54) is 14.2 Å². The molecule has 3 saturated heterocycles. The Kier molecular flexibility index (Phi) is 14.3. The first-order valence-electron chi connectivity index (χ1n) is 23.2. The number of hydrogen-bond acceptors (Lipinski definition) is 19. The molecule has 4 heterocycles. The largest absolute Gasteiger partial charge is 0.493 e. The highest BCUT2D eigenvalue weighted by molar-refractivity contribution is 5.80. The van der Waals surface area contributed by atoms with Crippen molar-refractivity contribution in [2.45, 2.75) is 55.9 Å². The van der Waals surface area contributed by atoms with Gasteiger partial charge in [-0.3, -0.25) is 4.79 Å². The van der Waals surface area contributed by atoms with Crippen molar-refractivity contribution >= 4 is 23.9 Å². The van der Waals surface area contributed by atoms with Crippen LogP contribution >= 0.6 is 0 Å². The van der Waals surface area contributed by atoms with Gasteiger partial charge in [-0.25, -0.2) is 14.4 Å². The van der Waals surface area contributed by atoms with Gasteiger partial charge in [0, 0.05) is 11.8 Å². The van der Waals surface area contributed by atoms with E-state index in [2.05, 4.69) is 0 Å². The molecule has 0 spiro atoms. The minimum absolute atomic E-state index is 0.00616. The molecular weight excluding hydrogens is 941 g/mol. The van der Waals surface area contributed by atoms with Gasteiger partial charge in [0.1, 0.15) is 29.5 Å². The van der Waals surface area contributed by atoms with E-state index in [1.54, 1.807) is 110 Å². The van der Waals surface area contributed by atoms with E-state index in [0.29, 0.717) is 45.4 Å². The highest BCUT2D eigenvalue weighted by Crippen LogP contribution is 2.57. The first-order valence-corrected chi connectivity index (χ1v) is 23.2. The molecular formula is C53H50O19. The number of para-hydroxylation sites is 3. The molecule has 0 saturated carbocycles. The lowest BCUT2D eigenvalue weighted by molar-refractivity contribution is -0.366. The fourth-order valence-corrected chi connectivity index (χ4v) is 9.54. The third kappa shape index (κ3) is 10.3. The number of hydrogen-bond donors (Lipinski definition) is 0. The van der Waals surface area contributed by atoms with Crippen LogP contribution in [-0.4, -0.2) is 115 Å². The first kappa shape index (κ1) is 48.1. The lowest BCUT2D eigenvalue weighted by Crippen LogP contribution is -2.65. The molecule has 0 aromatic heterocycles. The Hall–Kier alpha value is -7.58. The molecule has 5 aromatic rings. The molecule has 1 aliphatic carbocycles. The molecule has 19 nitrogen and oxygen atoms in total. The second kappa shape index (κ2) is 21.4. The second-order valence-corrected chi connectivity index (χ2v) is 17.2. The van der Waals surface area contributed by atoms with Crippen LogP contribution in [0.2, 0.25) is 0 Å². The number of rotatable bonds is 17. The number of fused-ring (bicyclic) bond motifs is 4. The summed E-state index contributed by atoms with van der Waals surface area (Å²) < 4.78 is 90.2. The molecule has 4 aliphatic heterocycles. The van der Waals surface area contributed by atoms with Crippen molar-refractivity contribution in [2.75, 3.05) is 54.0 Å². The molecule has 19 heteroatoms. The predicted octanol–water partition coefficient (Wildman–Crippen LogP) is 5.88. The summed E-state index contributed by atoms with van der Waals surface area (Å²) in [5, 5.41) is 0. The maximum Gasteiger partial charge on any atom is 0.349 e. The highest BCUT2D eigenvalue weighted by atomic mass is 16.8. The van der Waals surface area contributed by atoms with Crippen molar-refractivity contribution in [2.24, 2.45) is 11.8 Å². The van der Waals surface area contributed by atoms with E-state index in [0.717, 1.165) is 0 Å². The maximum absolute atomic E-state index is 14.2. The number of methoxy groups -OCH3 is 2. The van der Waals surface area contributed by atoms with E-state index < -0.39 is 105 Å². The minimum Gasteiger partial charge on any atom is -0.493 e. The molecule has 0 N–H and O–H groups in total. The molecule has 0 amide bonds. The molecule has 5 aromatic carbocycles. The summed E-state index contributed by atoms with van der Waals surface area (Å²) in [5.74, 6) is -2.92. The Morgan fingerprint density at radius 1 is 0.625 bits per heavy atom. The summed E-state index contributed by atoms with van der Waals surface area (Å²) in [5.41, 5.74) is 1.66. The normalized spacial score (nSPS) is 25.6. The van der Waals surface area contributed by atoms with Crippen molar-refractivity contribution in [3.8, 4) is 46.0 Å². The number of benzene rings is 5. The van der Waals surface area contributed by atoms with E-state index >= 15 is 0 Å². The third-order valence-electron chi connectivity index (χ3n) is 12.7. The molecule has 3 fully saturated rings. The van der Waals surface area contributed by atoms with Crippen LogP contribution in [-0.2, 0) is 52.3 Å². The zero-order valence-electron chi connectivity index (χ0n) is 39.2. The van der Waals surface area contributed by atoms with Crippen molar-refractivity contribution in [1.29, 1.82) is 0 Å². The zero-order valence-corrected chi connectivity index (χ0v) is 39.2. The molecule has 0 bridgehead atoms. The first-order chi connectivity index (χ1) is 35.1. The van der Waals surface area contributed by atoms with Crippen molar-refractivity contribution in [3.63, 3.8) is 0 Å². The quantitative estimate of drug-likeness (QED) is 0.0606. The van der Waals surface area contributed by atoms with Crippen LogP contribution in [0.15, 0.2) is 115 Å². The topological polar surface area (TPSA) is 207 Å². The standard InChI is InChI=1S/C53H50O19/c1-29-60-24-41-49(67-29)50(70-43(55)26-62-32-15-9-5-10-16-32)51(71-44(56)27-63-33-17-11-6-12-18-33)53(68-41)72-47-35-22-38-37(65-28-66-38)21-34(35)45(46-36(47)23-64-52(46)57)30-19-39(58-2)48(40(20-30)59-3)69-42(54)25-61-31-13-7-4-8-14-31/h4-22,29,36,41,45-47,49-51,53H,23-28H2,1-3H3/t29-,36+,41-,45-,46+,47-,49-,50+,51-,53+/m1/s1. The lowest BCUT2D eigenvalue weighted by Gasteiger charge is -2.49.